The summed E-state index contributed by atoms with van der Waals surface area (Å²) < 4.78 is 0. The molecule has 0 aliphatic rings. The van der Waals surface area contributed by atoms with E-state index in [4.69, 9.17) is 0 Å². The molecule has 0 saturated heterocycles. The van der Waals surface area contributed by atoms with Gasteiger partial charge in [-0.2, -0.15) is 0 Å². The lowest BCUT2D eigenvalue weighted by Crippen LogP contribution is -2.09. The van der Waals surface area contributed by atoms with Gasteiger partial charge in [-0.3, -0.25) is 10.1 Å². The average Bonchev–Trinajstić information content (AvgIpc) is 2.69. The minimum Gasteiger partial charge on any atom is -0.357 e. The fraction of sp³-hybridized carbons (Fsp3) is 0.333. The first kappa shape index (κ1) is 13.4. The Morgan fingerprint density at radius 3 is 2.79 bits per heavy atom. The van der Waals surface area contributed by atoms with Gasteiger partial charge in [-0.05, 0) is 26.8 Å². The molecule has 0 radical (unpaired) electrons. The van der Waals surface area contributed by atoms with Crippen molar-refractivity contribution in [2.24, 2.45) is 0 Å². The zero-order valence-electron chi connectivity index (χ0n) is 10.9. The van der Waals surface area contributed by atoms with E-state index in [-0.39, 0.29) is 17.5 Å². The number of rotatable bonds is 4. The van der Waals surface area contributed by atoms with Crippen LogP contribution in [0.4, 0.5) is 11.5 Å². The number of nitro groups is 1. The molecule has 7 heteroatoms. The van der Waals surface area contributed by atoms with Crippen LogP contribution >= 0.6 is 11.3 Å². The molecule has 2 rings (SSSR count). The lowest BCUT2D eigenvalue weighted by atomic mass is 10.2. The molecule has 6 nitrogen and oxygen atoms in total. The maximum absolute atomic E-state index is 10.9. The summed E-state index contributed by atoms with van der Waals surface area (Å²) in [6.07, 6.45) is 1.53. The summed E-state index contributed by atoms with van der Waals surface area (Å²) in [6.45, 7) is 5.82. The Morgan fingerprint density at radius 1 is 1.47 bits per heavy atom. The van der Waals surface area contributed by atoms with Crippen molar-refractivity contribution in [3.63, 3.8) is 0 Å². The van der Waals surface area contributed by atoms with Gasteiger partial charge in [0.2, 0.25) is 5.82 Å². The number of nitrogens with one attached hydrogen (secondary N) is 1. The molecular formula is C12H14N4O2S. The highest BCUT2D eigenvalue weighted by atomic mass is 32.1. The van der Waals surface area contributed by atoms with E-state index in [0.29, 0.717) is 0 Å². The molecule has 1 N–H and O–H groups in total. The van der Waals surface area contributed by atoms with Crippen LogP contribution in [0.15, 0.2) is 18.3 Å². The minimum atomic E-state index is -0.438. The van der Waals surface area contributed by atoms with Crippen LogP contribution in [0.25, 0.3) is 0 Å². The van der Waals surface area contributed by atoms with Gasteiger partial charge in [-0.25, -0.2) is 9.97 Å². The number of hydrogen-bond acceptors (Lipinski definition) is 6. The van der Waals surface area contributed by atoms with Crippen LogP contribution in [0.1, 0.15) is 28.5 Å². The number of aromatic nitrogens is 2. The van der Waals surface area contributed by atoms with E-state index < -0.39 is 4.92 Å². The first-order valence-electron chi connectivity index (χ1n) is 5.79. The van der Waals surface area contributed by atoms with Crippen LogP contribution in [-0.4, -0.2) is 14.9 Å². The van der Waals surface area contributed by atoms with Gasteiger partial charge in [0, 0.05) is 17.1 Å². The SMILES string of the molecule is Cc1nc(C)c(C(C)Nc2ncccc2[N+](=O)[O-])s1. The molecule has 0 saturated carbocycles. The van der Waals surface area contributed by atoms with Gasteiger partial charge in [0.15, 0.2) is 0 Å². The molecule has 0 spiro atoms. The summed E-state index contributed by atoms with van der Waals surface area (Å²) in [5.74, 6) is 0.283. The second-order valence-electron chi connectivity index (χ2n) is 4.18. The van der Waals surface area contributed by atoms with E-state index >= 15 is 0 Å². The number of hydrogen-bond donors (Lipinski definition) is 1. The summed E-state index contributed by atoms with van der Waals surface area (Å²) in [5, 5.41) is 15.0. The Labute approximate surface area is 114 Å². The van der Waals surface area contributed by atoms with Crippen molar-refractivity contribution in [3.8, 4) is 0 Å². The fourth-order valence-corrected chi connectivity index (χ4v) is 2.80. The molecule has 1 atom stereocenters. The standard InChI is InChI=1S/C12H14N4O2S/c1-7-11(19-9(3)14-7)8(2)15-12-10(16(17)18)5-4-6-13-12/h4-6,8H,1-3H3,(H,13,15). The van der Waals surface area contributed by atoms with Crippen LogP contribution in [0.5, 0.6) is 0 Å². The highest BCUT2D eigenvalue weighted by Crippen LogP contribution is 2.29. The van der Waals surface area contributed by atoms with E-state index in [1.165, 1.54) is 12.3 Å². The summed E-state index contributed by atoms with van der Waals surface area (Å²) >= 11 is 1.58. The average molecular weight is 278 g/mol. The van der Waals surface area contributed by atoms with Crippen LogP contribution < -0.4 is 5.32 Å². The predicted octanol–water partition coefficient (Wildman–Crippen LogP) is 3.24. The van der Waals surface area contributed by atoms with Crippen LogP contribution in [0, 0.1) is 24.0 Å². The molecule has 0 fully saturated rings. The molecule has 1 unspecified atom stereocenters. The summed E-state index contributed by atoms with van der Waals surface area (Å²) in [4.78, 5) is 19.9. The maximum Gasteiger partial charge on any atom is 0.311 e. The number of anilines is 1. The summed E-state index contributed by atoms with van der Waals surface area (Å²) in [5.41, 5.74) is 0.925. The van der Waals surface area contributed by atoms with Crippen molar-refractivity contribution in [2.45, 2.75) is 26.8 Å². The molecule has 0 aromatic carbocycles. The van der Waals surface area contributed by atoms with Gasteiger partial charge in [0.25, 0.3) is 0 Å². The van der Waals surface area contributed by atoms with Crippen molar-refractivity contribution in [1.82, 2.24) is 9.97 Å². The van der Waals surface area contributed by atoms with E-state index in [1.54, 1.807) is 17.4 Å². The molecule has 2 heterocycles. The van der Waals surface area contributed by atoms with Crippen molar-refractivity contribution >= 4 is 22.8 Å². The quantitative estimate of drug-likeness (QED) is 0.686. The van der Waals surface area contributed by atoms with Crippen molar-refractivity contribution in [3.05, 3.63) is 44.0 Å². The third-order valence-corrected chi connectivity index (χ3v) is 3.92. The molecule has 0 aliphatic carbocycles. The number of nitrogens with zero attached hydrogens (tertiary/aromatic N) is 3. The van der Waals surface area contributed by atoms with E-state index in [1.807, 2.05) is 20.8 Å². The second-order valence-corrected chi connectivity index (χ2v) is 5.41. The monoisotopic (exact) mass is 278 g/mol. The molecule has 19 heavy (non-hydrogen) atoms. The Bertz CT molecular complexity index is 612. The van der Waals surface area contributed by atoms with Crippen LogP contribution in [0.3, 0.4) is 0 Å². The Balaban J connectivity index is 2.26. The molecular weight excluding hydrogens is 264 g/mol. The van der Waals surface area contributed by atoms with Gasteiger partial charge < -0.3 is 5.32 Å². The third kappa shape index (κ3) is 2.87. The summed E-state index contributed by atoms with van der Waals surface area (Å²) in [6, 6.07) is 2.92. The van der Waals surface area contributed by atoms with Crippen LogP contribution in [0.2, 0.25) is 0 Å². The Kier molecular flexibility index (Phi) is 3.75. The molecule has 0 bridgehead atoms. The molecule has 2 aromatic heterocycles. The van der Waals surface area contributed by atoms with Gasteiger partial charge in [-0.15, -0.1) is 11.3 Å². The van der Waals surface area contributed by atoms with Gasteiger partial charge in [0.1, 0.15) is 0 Å². The zero-order chi connectivity index (χ0) is 14.0. The first-order chi connectivity index (χ1) is 8.99. The van der Waals surface area contributed by atoms with Gasteiger partial charge in [0.05, 0.1) is 21.7 Å². The van der Waals surface area contributed by atoms with Crippen molar-refractivity contribution in [1.29, 1.82) is 0 Å². The maximum atomic E-state index is 10.9. The lowest BCUT2D eigenvalue weighted by Gasteiger charge is -2.13. The Morgan fingerprint density at radius 2 is 2.21 bits per heavy atom. The number of pyridine rings is 1. The van der Waals surface area contributed by atoms with E-state index in [0.717, 1.165) is 15.6 Å². The Hall–Kier alpha value is -2.02. The summed E-state index contributed by atoms with van der Waals surface area (Å²) in [7, 11) is 0. The van der Waals surface area contributed by atoms with E-state index in [2.05, 4.69) is 15.3 Å². The number of thiazole rings is 1. The smallest absolute Gasteiger partial charge is 0.311 e. The number of aryl methyl sites for hydroxylation is 2. The van der Waals surface area contributed by atoms with Crippen molar-refractivity contribution < 1.29 is 4.92 Å². The molecule has 100 valence electrons. The zero-order valence-corrected chi connectivity index (χ0v) is 11.7. The lowest BCUT2D eigenvalue weighted by molar-refractivity contribution is -0.384. The largest absolute Gasteiger partial charge is 0.357 e. The highest BCUT2D eigenvalue weighted by molar-refractivity contribution is 7.11. The van der Waals surface area contributed by atoms with Gasteiger partial charge >= 0.3 is 5.69 Å². The highest BCUT2D eigenvalue weighted by Gasteiger charge is 2.19. The second kappa shape index (κ2) is 5.31. The molecule has 2 aromatic rings. The normalized spacial score (nSPS) is 12.2. The fourth-order valence-electron chi connectivity index (χ4n) is 1.87. The molecule has 0 aliphatic heterocycles. The molecule has 0 amide bonds. The van der Waals surface area contributed by atoms with Crippen LogP contribution in [-0.2, 0) is 0 Å². The minimum absolute atomic E-state index is 0.0201. The predicted molar refractivity (Wildman–Crippen MR) is 74.5 cm³/mol. The topological polar surface area (TPSA) is 81.0 Å². The van der Waals surface area contributed by atoms with Crippen molar-refractivity contribution in [2.75, 3.05) is 5.32 Å². The first-order valence-corrected chi connectivity index (χ1v) is 6.60. The van der Waals surface area contributed by atoms with E-state index in [9.17, 15) is 10.1 Å². The third-order valence-electron chi connectivity index (χ3n) is 2.67. The van der Waals surface area contributed by atoms with Gasteiger partial charge in [-0.1, -0.05) is 0 Å².